The molecular formula is C18H28N2O5S. The quantitative estimate of drug-likeness (QED) is 0.636. The number of carbonyl (C=O) groups is 2. The molecule has 1 rings (SSSR count). The van der Waals surface area contributed by atoms with Crippen molar-refractivity contribution in [2.45, 2.75) is 63.9 Å². The first-order valence-electron chi connectivity index (χ1n) is 8.61. The highest BCUT2D eigenvalue weighted by molar-refractivity contribution is 7.89. The number of amides is 1. The van der Waals surface area contributed by atoms with E-state index in [0.29, 0.717) is 6.42 Å². The van der Waals surface area contributed by atoms with E-state index < -0.39 is 22.6 Å². The molecule has 7 nitrogen and oxygen atoms in total. The summed E-state index contributed by atoms with van der Waals surface area (Å²) in [5, 5.41) is 2.76. The molecule has 1 aromatic carbocycles. The van der Waals surface area contributed by atoms with Gasteiger partial charge in [-0.3, -0.25) is 4.79 Å². The first-order chi connectivity index (χ1) is 12.0. The van der Waals surface area contributed by atoms with Crippen LogP contribution in [-0.4, -0.2) is 38.5 Å². The monoisotopic (exact) mass is 384 g/mol. The summed E-state index contributed by atoms with van der Waals surface area (Å²) in [6, 6.07) is 5.21. The van der Waals surface area contributed by atoms with Gasteiger partial charge in [-0.05, 0) is 57.9 Å². The maximum atomic E-state index is 12.2. The molecule has 8 heteroatoms. The molecular weight excluding hydrogens is 356 g/mol. The molecule has 0 saturated heterocycles. The summed E-state index contributed by atoms with van der Waals surface area (Å²) in [4.78, 5) is 23.9. The second kappa shape index (κ2) is 9.14. The standard InChI is InChI=1S/C18H28N2O5S/c1-6-13(3)20-26(23,24)15-10-8-14(9-11-15)17(22)25-12-16(21)19-18(4,5)7-2/h8-11,13,20H,6-7,12H2,1-5H3,(H,19,21)/t13-/m0/s1. The van der Waals surface area contributed by atoms with Crippen molar-refractivity contribution < 1.29 is 22.7 Å². The number of esters is 1. The van der Waals surface area contributed by atoms with Crippen molar-refractivity contribution in [2.75, 3.05) is 6.61 Å². The Kier molecular flexibility index (Phi) is 7.77. The van der Waals surface area contributed by atoms with Gasteiger partial charge in [-0.25, -0.2) is 17.9 Å². The number of rotatable bonds is 9. The number of hydrogen-bond donors (Lipinski definition) is 2. The smallest absolute Gasteiger partial charge is 0.338 e. The largest absolute Gasteiger partial charge is 0.452 e. The molecule has 1 amide bonds. The molecule has 26 heavy (non-hydrogen) atoms. The van der Waals surface area contributed by atoms with Gasteiger partial charge in [-0.2, -0.15) is 0 Å². The predicted molar refractivity (Wildman–Crippen MR) is 99.3 cm³/mol. The van der Waals surface area contributed by atoms with Crippen molar-refractivity contribution in [2.24, 2.45) is 0 Å². The predicted octanol–water partition coefficient (Wildman–Crippen LogP) is 2.22. The fraction of sp³-hybridized carbons (Fsp3) is 0.556. The van der Waals surface area contributed by atoms with E-state index in [9.17, 15) is 18.0 Å². The highest BCUT2D eigenvalue weighted by Crippen LogP contribution is 2.13. The maximum absolute atomic E-state index is 12.2. The lowest BCUT2D eigenvalue weighted by atomic mass is 10.0. The molecule has 0 bridgehead atoms. The van der Waals surface area contributed by atoms with Crippen molar-refractivity contribution in [3.63, 3.8) is 0 Å². The zero-order chi connectivity index (χ0) is 20.0. The summed E-state index contributed by atoms with van der Waals surface area (Å²) in [6.07, 6.45) is 1.41. The Labute approximate surface area is 155 Å². The van der Waals surface area contributed by atoms with Crippen LogP contribution in [0.3, 0.4) is 0 Å². The third-order valence-corrected chi connectivity index (χ3v) is 5.67. The Morgan fingerprint density at radius 1 is 1.15 bits per heavy atom. The van der Waals surface area contributed by atoms with Crippen molar-refractivity contribution >= 4 is 21.9 Å². The van der Waals surface area contributed by atoms with Crippen LogP contribution in [0.2, 0.25) is 0 Å². The zero-order valence-corrected chi connectivity index (χ0v) is 16.8. The van der Waals surface area contributed by atoms with Gasteiger partial charge in [0.2, 0.25) is 10.0 Å². The van der Waals surface area contributed by atoms with Crippen LogP contribution in [-0.2, 0) is 19.6 Å². The van der Waals surface area contributed by atoms with Gasteiger partial charge < -0.3 is 10.1 Å². The van der Waals surface area contributed by atoms with Crippen LogP contribution < -0.4 is 10.0 Å². The minimum atomic E-state index is -3.63. The second-order valence-electron chi connectivity index (χ2n) is 6.82. The second-order valence-corrected chi connectivity index (χ2v) is 8.53. The first kappa shape index (κ1) is 22.1. The van der Waals surface area contributed by atoms with Crippen molar-refractivity contribution in [1.29, 1.82) is 0 Å². The van der Waals surface area contributed by atoms with E-state index in [1.807, 2.05) is 27.7 Å². The van der Waals surface area contributed by atoms with E-state index in [0.717, 1.165) is 6.42 Å². The summed E-state index contributed by atoms with van der Waals surface area (Å²) in [5.74, 6) is -1.07. The summed E-state index contributed by atoms with van der Waals surface area (Å²) in [5.41, 5.74) is -0.197. The average molecular weight is 384 g/mol. The Morgan fingerprint density at radius 2 is 1.73 bits per heavy atom. The third-order valence-electron chi connectivity index (χ3n) is 4.07. The van der Waals surface area contributed by atoms with Crippen molar-refractivity contribution in [3.05, 3.63) is 29.8 Å². The highest BCUT2D eigenvalue weighted by atomic mass is 32.2. The average Bonchev–Trinajstić information content (AvgIpc) is 2.59. The molecule has 0 fully saturated rings. The van der Waals surface area contributed by atoms with Crippen LogP contribution in [0.15, 0.2) is 29.2 Å². The van der Waals surface area contributed by atoms with Crippen LogP contribution in [0.4, 0.5) is 0 Å². The van der Waals surface area contributed by atoms with Gasteiger partial charge in [0, 0.05) is 11.6 Å². The van der Waals surface area contributed by atoms with Gasteiger partial charge in [0.1, 0.15) is 0 Å². The van der Waals surface area contributed by atoms with E-state index in [1.165, 1.54) is 24.3 Å². The van der Waals surface area contributed by atoms with E-state index in [4.69, 9.17) is 4.74 Å². The van der Waals surface area contributed by atoms with Crippen LogP contribution >= 0.6 is 0 Å². The van der Waals surface area contributed by atoms with Crippen LogP contribution in [0, 0.1) is 0 Å². The van der Waals surface area contributed by atoms with Crippen LogP contribution in [0.25, 0.3) is 0 Å². The Hall–Kier alpha value is -1.93. The maximum Gasteiger partial charge on any atom is 0.338 e. The number of benzene rings is 1. The molecule has 146 valence electrons. The zero-order valence-electron chi connectivity index (χ0n) is 16.0. The van der Waals surface area contributed by atoms with Gasteiger partial charge >= 0.3 is 5.97 Å². The Bertz CT molecular complexity index is 726. The Morgan fingerprint density at radius 3 is 2.23 bits per heavy atom. The fourth-order valence-electron chi connectivity index (χ4n) is 1.90. The molecule has 0 aliphatic carbocycles. The SMILES string of the molecule is CC[C@H](C)NS(=O)(=O)c1ccc(C(=O)OCC(=O)NC(C)(C)CC)cc1. The normalized spacial score (nSPS) is 13.1. The number of hydrogen-bond acceptors (Lipinski definition) is 5. The minimum absolute atomic E-state index is 0.0665. The Balaban J connectivity index is 2.68. The number of ether oxygens (including phenoxy) is 1. The molecule has 0 aliphatic rings. The summed E-state index contributed by atoms with van der Waals surface area (Å²) < 4.78 is 31.9. The molecule has 0 spiro atoms. The molecule has 1 aromatic rings. The first-order valence-corrected chi connectivity index (χ1v) is 10.1. The van der Waals surface area contributed by atoms with Crippen molar-refractivity contribution in [1.82, 2.24) is 10.0 Å². The summed E-state index contributed by atoms with van der Waals surface area (Å²) >= 11 is 0. The number of nitrogens with one attached hydrogen (secondary N) is 2. The lowest BCUT2D eigenvalue weighted by molar-refractivity contribution is -0.125. The van der Waals surface area contributed by atoms with E-state index >= 15 is 0 Å². The van der Waals surface area contributed by atoms with E-state index in [1.54, 1.807) is 6.92 Å². The topological polar surface area (TPSA) is 102 Å². The molecule has 0 aromatic heterocycles. The molecule has 0 radical (unpaired) electrons. The lowest BCUT2D eigenvalue weighted by Crippen LogP contribution is -2.44. The van der Waals surface area contributed by atoms with Gasteiger partial charge in [-0.1, -0.05) is 13.8 Å². The molecule has 0 unspecified atom stereocenters. The molecule has 0 aliphatic heterocycles. The summed E-state index contributed by atoms with van der Waals surface area (Å²) in [7, 11) is -3.63. The minimum Gasteiger partial charge on any atom is -0.452 e. The number of carbonyl (C=O) groups excluding carboxylic acids is 2. The van der Waals surface area contributed by atoms with E-state index in [-0.39, 0.29) is 27.9 Å². The lowest BCUT2D eigenvalue weighted by Gasteiger charge is -2.24. The van der Waals surface area contributed by atoms with Gasteiger partial charge in [0.15, 0.2) is 6.61 Å². The van der Waals surface area contributed by atoms with Crippen LogP contribution in [0.1, 0.15) is 57.8 Å². The van der Waals surface area contributed by atoms with Crippen LogP contribution in [0.5, 0.6) is 0 Å². The van der Waals surface area contributed by atoms with Gasteiger partial charge in [-0.15, -0.1) is 0 Å². The van der Waals surface area contributed by atoms with E-state index in [2.05, 4.69) is 10.0 Å². The fourth-order valence-corrected chi connectivity index (χ4v) is 3.23. The van der Waals surface area contributed by atoms with Gasteiger partial charge in [0.25, 0.3) is 5.91 Å². The molecule has 1 atom stereocenters. The van der Waals surface area contributed by atoms with Gasteiger partial charge in [0.05, 0.1) is 10.5 Å². The molecule has 0 saturated carbocycles. The molecule has 0 heterocycles. The van der Waals surface area contributed by atoms with Crippen molar-refractivity contribution in [3.8, 4) is 0 Å². The summed E-state index contributed by atoms with van der Waals surface area (Å²) in [6.45, 7) is 8.95. The highest BCUT2D eigenvalue weighted by Gasteiger charge is 2.20. The number of sulfonamides is 1. The molecule has 2 N–H and O–H groups in total. The third kappa shape index (κ3) is 6.76.